The number of likely N-dealkylation sites (N-methyl/N-ethyl adjacent to an activating group) is 1. The SMILES string of the molecule is Cc1cnc(N(C)CC(=O)O)c(N)c1. The predicted molar refractivity (Wildman–Crippen MR) is 54.3 cm³/mol. The Morgan fingerprint density at radius 2 is 2.36 bits per heavy atom. The molecule has 76 valence electrons. The minimum atomic E-state index is -0.908. The van der Waals surface area contributed by atoms with Gasteiger partial charge in [-0.1, -0.05) is 0 Å². The van der Waals surface area contributed by atoms with E-state index in [1.54, 1.807) is 19.3 Å². The summed E-state index contributed by atoms with van der Waals surface area (Å²) < 4.78 is 0. The van der Waals surface area contributed by atoms with Gasteiger partial charge in [-0.05, 0) is 18.6 Å². The van der Waals surface area contributed by atoms with Gasteiger partial charge in [-0.25, -0.2) is 4.98 Å². The summed E-state index contributed by atoms with van der Waals surface area (Å²) in [6.07, 6.45) is 1.66. The summed E-state index contributed by atoms with van der Waals surface area (Å²) in [6, 6.07) is 1.76. The molecule has 0 saturated heterocycles. The zero-order chi connectivity index (χ0) is 10.7. The van der Waals surface area contributed by atoms with E-state index in [1.165, 1.54) is 4.90 Å². The van der Waals surface area contributed by atoms with Gasteiger partial charge in [0.2, 0.25) is 0 Å². The second kappa shape index (κ2) is 3.95. The third-order valence-electron chi connectivity index (χ3n) is 1.77. The summed E-state index contributed by atoms with van der Waals surface area (Å²) in [7, 11) is 1.64. The molecule has 1 rings (SSSR count). The molecule has 0 aliphatic rings. The highest BCUT2D eigenvalue weighted by molar-refractivity contribution is 5.75. The Kier molecular flexibility index (Phi) is 2.91. The molecular formula is C9H13N3O2. The van der Waals surface area contributed by atoms with Crippen LogP contribution in [0.4, 0.5) is 11.5 Å². The average Bonchev–Trinajstić information content (AvgIpc) is 2.01. The van der Waals surface area contributed by atoms with E-state index in [-0.39, 0.29) is 6.54 Å². The highest BCUT2D eigenvalue weighted by Gasteiger charge is 2.09. The number of aromatic nitrogens is 1. The number of pyridine rings is 1. The molecule has 0 unspecified atom stereocenters. The fourth-order valence-electron chi connectivity index (χ4n) is 1.18. The third-order valence-corrected chi connectivity index (χ3v) is 1.77. The predicted octanol–water partition coefficient (Wildman–Crippen LogP) is 0.493. The summed E-state index contributed by atoms with van der Waals surface area (Å²) in [5.41, 5.74) is 7.15. The minimum absolute atomic E-state index is 0.111. The molecule has 5 heteroatoms. The van der Waals surface area contributed by atoms with E-state index in [1.807, 2.05) is 6.92 Å². The number of carboxylic acid groups (broad SMARTS) is 1. The van der Waals surface area contributed by atoms with E-state index in [0.717, 1.165) is 5.56 Å². The third kappa shape index (κ3) is 2.35. The molecule has 0 saturated carbocycles. The standard InChI is InChI=1S/C9H13N3O2/c1-6-3-7(10)9(11-4-6)12(2)5-8(13)14/h3-4H,5,10H2,1-2H3,(H,13,14). The van der Waals surface area contributed by atoms with Crippen LogP contribution in [0, 0.1) is 6.92 Å². The van der Waals surface area contributed by atoms with Crippen molar-refractivity contribution in [3.8, 4) is 0 Å². The Bertz CT molecular complexity index is 352. The van der Waals surface area contributed by atoms with E-state index < -0.39 is 5.97 Å². The van der Waals surface area contributed by atoms with E-state index in [0.29, 0.717) is 11.5 Å². The Morgan fingerprint density at radius 3 is 2.86 bits per heavy atom. The largest absolute Gasteiger partial charge is 0.480 e. The van der Waals surface area contributed by atoms with E-state index in [9.17, 15) is 4.79 Å². The number of rotatable bonds is 3. The molecule has 0 aliphatic carbocycles. The molecule has 1 aromatic heterocycles. The van der Waals surface area contributed by atoms with Gasteiger partial charge in [-0.2, -0.15) is 0 Å². The lowest BCUT2D eigenvalue weighted by Gasteiger charge is -2.17. The summed E-state index contributed by atoms with van der Waals surface area (Å²) in [5, 5.41) is 8.58. The van der Waals surface area contributed by atoms with Gasteiger partial charge in [0.25, 0.3) is 0 Å². The zero-order valence-corrected chi connectivity index (χ0v) is 8.19. The molecule has 0 fully saturated rings. The molecule has 0 bridgehead atoms. The topological polar surface area (TPSA) is 79.5 Å². The molecule has 0 aliphatic heterocycles. The molecule has 0 radical (unpaired) electrons. The van der Waals surface area contributed by atoms with E-state index in [2.05, 4.69) is 4.98 Å². The van der Waals surface area contributed by atoms with Gasteiger partial charge in [0.15, 0.2) is 5.82 Å². The molecule has 14 heavy (non-hydrogen) atoms. The monoisotopic (exact) mass is 195 g/mol. The van der Waals surface area contributed by atoms with Crippen LogP contribution in [0.5, 0.6) is 0 Å². The summed E-state index contributed by atoms with van der Waals surface area (Å²) >= 11 is 0. The van der Waals surface area contributed by atoms with E-state index >= 15 is 0 Å². The first-order valence-corrected chi connectivity index (χ1v) is 4.15. The van der Waals surface area contributed by atoms with Crippen molar-refractivity contribution in [3.63, 3.8) is 0 Å². The van der Waals surface area contributed by atoms with Crippen LogP contribution >= 0.6 is 0 Å². The van der Waals surface area contributed by atoms with Crippen LogP contribution in [-0.2, 0) is 4.79 Å². The molecular weight excluding hydrogens is 182 g/mol. The number of aliphatic carboxylic acids is 1. The number of aryl methyl sites for hydroxylation is 1. The van der Waals surface area contributed by atoms with Crippen molar-refractivity contribution in [1.82, 2.24) is 4.98 Å². The Balaban J connectivity index is 2.90. The number of nitrogens with two attached hydrogens (primary N) is 1. The molecule has 0 spiro atoms. The van der Waals surface area contributed by atoms with Crippen LogP contribution in [0.3, 0.4) is 0 Å². The fraction of sp³-hybridized carbons (Fsp3) is 0.333. The molecule has 0 aromatic carbocycles. The summed E-state index contributed by atoms with van der Waals surface area (Å²) in [4.78, 5) is 16.0. The second-order valence-corrected chi connectivity index (χ2v) is 3.18. The minimum Gasteiger partial charge on any atom is -0.480 e. The van der Waals surface area contributed by atoms with Crippen LogP contribution < -0.4 is 10.6 Å². The first-order chi connectivity index (χ1) is 6.50. The van der Waals surface area contributed by atoms with Crippen LogP contribution in [0.25, 0.3) is 0 Å². The molecule has 1 heterocycles. The summed E-state index contributed by atoms with van der Waals surface area (Å²) in [6.45, 7) is 1.77. The van der Waals surface area contributed by atoms with Crippen molar-refractivity contribution < 1.29 is 9.90 Å². The van der Waals surface area contributed by atoms with Crippen molar-refractivity contribution in [3.05, 3.63) is 17.8 Å². The number of carbonyl (C=O) groups is 1. The van der Waals surface area contributed by atoms with Crippen molar-refractivity contribution >= 4 is 17.5 Å². The number of anilines is 2. The molecule has 1 aromatic rings. The lowest BCUT2D eigenvalue weighted by Crippen LogP contribution is -2.26. The highest BCUT2D eigenvalue weighted by atomic mass is 16.4. The average molecular weight is 195 g/mol. The zero-order valence-electron chi connectivity index (χ0n) is 8.19. The summed E-state index contributed by atoms with van der Waals surface area (Å²) in [5.74, 6) is -0.410. The molecule has 0 atom stereocenters. The lowest BCUT2D eigenvalue weighted by molar-refractivity contribution is -0.135. The van der Waals surface area contributed by atoms with Crippen LogP contribution in [0.1, 0.15) is 5.56 Å². The molecule has 3 N–H and O–H groups in total. The van der Waals surface area contributed by atoms with Gasteiger partial charge in [-0.15, -0.1) is 0 Å². The van der Waals surface area contributed by atoms with Gasteiger partial charge in [-0.3, -0.25) is 4.79 Å². The lowest BCUT2D eigenvalue weighted by atomic mass is 10.3. The van der Waals surface area contributed by atoms with Gasteiger partial charge in [0.1, 0.15) is 6.54 Å². The number of nitrogen functional groups attached to an aromatic ring is 1. The Hall–Kier alpha value is -1.78. The van der Waals surface area contributed by atoms with Crippen molar-refractivity contribution in [2.24, 2.45) is 0 Å². The van der Waals surface area contributed by atoms with Crippen LogP contribution in [0.15, 0.2) is 12.3 Å². The van der Waals surface area contributed by atoms with Crippen LogP contribution in [0.2, 0.25) is 0 Å². The van der Waals surface area contributed by atoms with Crippen molar-refractivity contribution in [1.29, 1.82) is 0 Å². The van der Waals surface area contributed by atoms with Crippen LogP contribution in [-0.4, -0.2) is 29.7 Å². The van der Waals surface area contributed by atoms with Gasteiger partial charge in [0.05, 0.1) is 5.69 Å². The smallest absolute Gasteiger partial charge is 0.323 e. The first-order valence-electron chi connectivity index (χ1n) is 4.15. The number of hydrogen-bond donors (Lipinski definition) is 2. The van der Waals surface area contributed by atoms with Gasteiger partial charge in [0, 0.05) is 13.2 Å². The normalized spacial score (nSPS) is 9.86. The molecule has 0 amide bonds. The number of hydrogen-bond acceptors (Lipinski definition) is 4. The highest BCUT2D eigenvalue weighted by Crippen LogP contribution is 2.18. The van der Waals surface area contributed by atoms with Crippen molar-refractivity contribution in [2.75, 3.05) is 24.2 Å². The maximum absolute atomic E-state index is 10.5. The maximum atomic E-state index is 10.5. The van der Waals surface area contributed by atoms with Gasteiger partial charge >= 0.3 is 5.97 Å². The maximum Gasteiger partial charge on any atom is 0.323 e. The van der Waals surface area contributed by atoms with E-state index in [4.69, 9.17) is 10.8 Å². The Morgan fingerprint density at radius 1 is 1.71 bits per heavy atom. The first kappa shape index (κ1) is 10.3. The fourth-order valence-corrected chi connectivity index (χ4v) is 1.18. The Labute approximate surface area is 82.2 Å². The van der Waals surface area contributed by atoms with Gasteiger partial charge < -0.3 is 15.7 Å². The van der Waals surface area contributed by atoms with Crippen molar-refractivity contribution in [2.45, 2.75) is 6.92 Å². The second-order valence-electron chi connectivity index (χ2n) is 3.18. The quantitative estimate of drug-likeness (QED) is 0.733. The molecule has 5 nitrogen and oxygen atoms in total. The number of nitrogens with zero attached hydrogens (tertiary/aromatic N) is 2. The number of carboxylic acids is 1.